The van der Waals surface area contributed by atoms with E-state index in [4.69, 9.17) is 28.3 Å². The van der Waals surface area contributed by atoms with Crippen molar-refractivity contribution in [2.45, 2.75) is 0 Å². The molecule has 0 aliphatic carbocycles. The molecule has 1 fully saturated rings. The Balaban J connectivity index is 2.26. The lowest BCUT2D eigenvalue weighted by molar-refractivity contribution is -0.135. The lowest BCUT2D eigenvalue weighted by Gasteiger charge is -2.01. The standard InChI is InChI=1S/C12H8Cl2N2O3S/c13-7-2-1-3-8(14)6(7)4-9-11(19)16-12(20-9)15-5-10(17)18/h1-4H,5H2,(H,17,18)(H,15,16,19)/b9-4-. The largest absolute Gasteiger partial charge is 0.480 e. The Bertz CT molecular complexity index is 623. The van der Waals surface area contributed by atoms with Gasteiger partial charge in [0.1, 0.15) is 6.54 Å². The third kappa shape index (κ3) is 3.53. The molecule has 8 heteroatoms. The minimum Gasteiger partial charge on any atom is -0.480 e. The third-order valence-electron chi connectivity index (χ3n) is 2.28. The van der Waals surface area contributed by atoms with Crippen LogP contribution in [-0.2, 0) is 9.59 Å². The van der Waals surface area contributed by atoms with Crippen molar-refractivity contribution in [3.8, 4) is 0 Å². The zero-order chi connectivity index (χ0) is 14.7. The fraction of sp³-hybridized carbons (Fsp3) is 0.0833. The van der Waals surface area contributed by atoms with Gasteiger partial charge in [0.25, 0.3) is 5.91 Å². The highest BCUT2D eigenvalue weighted by atomic mass is 35.5. The smallest absolute Gasteiger partial charge is 0.325 e. The molecule has 0 unspecified atom stereocenters. The molecule has 0 atom stereocenters. The van der Waals surface area contributed by atoms with E-state index >= 15 is 0 Å². The van der Waals surface area contributed by atoms with Crippen LogP contribution in [0.3, 0.4) is 0 Å². The van der Waals surface area contributed by atoms with Gasteiger partial charge in [-0.25, -0.2) is 0 Å². The van der Waals surface area contributed by atoms with E-state index in [9.17, 15) is 9.59 Å². The SMILES string of the molecule is O=C(O)CN=C1NC(=O)/C(=C/c2c(Cl)cccc2Cl)S1. The Morgan fingerprint density at radius 2 is 2.05 bits per heavy atom. The molecule has 0 radical (unpaired) electrons. The van der Waals surface area contributed by atoms with E-state index in [1.165, 1.54) is 0 Å². The summed E-state index contributed by atoms with van der Waals surface area (Å²) in [6, 6.07) is 5.03. The molecule has 20 heavy (non-hydrogen) atoms. The topological polar surface area (TPSA) is 78.8 Å². The quantitative estimate of drug-likeness (QED) is 0.835. The Morgan fingerprint density at radius 1 is 1.40 bits per heavy atom. The average Bonchev–Trinajstić information content (AvgIpc) is 2.72. The van der Waals surface area contributed by atoms with Crippen LogP contribution in [0, 0.1) is 0 Å². The predicted molar refractivity (Wildman–Crippen MR) is 80.1 cm³/mol. The molecule has 1 aliphatic rings. The summed E-state index contributed by atoms with van der Waals surface area (Å²) in [5, 5.41) is 12.1. The van der Waals surface area contributed by atoms with Gasteiger partial charge in [-0.15, -0.1) is 0 Å². The highest BCUT2D eigenvalue weighted by Gasteiger charge is 2.24. The molecule has 0 spiro atoms. The number of benzene rings is 1. The molecule has 0 bridgehead atoms. The first kappa shape index (κ1) is 14.9. The van der Waals surface area contributed by atoms with E-state index in [0.717, 1.165) is 11.8 Å². The van der Waals surface area contributed by atoms with Crippen LogP contribution in [-0.4, -0.2) is 28.7 Å². The van der Waals surface area contributed by atoms with Crippen LogP contribution >= 0.6 is 35.0 Å². The second-order valence-corrected chi connectivity index (χ2v) is 5.56. The molecule has 5 nitrogen and oxygen atoms in total. The van der Waals surface area contributed by atoms with Gasteiger partial charge in [0, 0.05) is 15.6 Å². The fourth-order valence-electron chi connectivity index (χ4n) is 1.42. The summed E-state index contributed by atoms with van der Waals surface area (Å²) in [7, 11) is 0. The number of carbonyl (C=O) groups is 2. The molecule has 0 aromatic heterocycles. The van der Waals surface area contributed by atoms with Crippen molar-refractivity contribution >= 4 is 58.1 Å². The summed E-state index contributed by atoms with van der Waals surface area (Å²) in [4.78, 5) is 26.3. The normalized spacial score (nSPS) is 18.6. The fourth-order valence-corrected chi connectivity index (χ4v) is 2.73. The average molecular weight is 331 g/mol. The molecule has 2 rings (SSSR count). The summed E-state index contributed by atoms with van der Waals surface area (Å²) in [5.41, 5.74) is 0.535. The van der Waals surface area contributed by atoms with Gasteiger partial charge >= 0.3 is 5.97 Å². The van der Waals surface area contributed by atoms with Crippen molar-refractivity contribution in [3.63, 3.8) is 0 Å². The molecule has 1 aromatic carbocycles. The summed E-state index contributed by atoms with van der Waals surface area (Å²) < 4.78 is 0. The maximum Gasteiger partial charge on any atom is 0.325 e. The molecular formula is C12H8Cl2N2O3S. The van der Waals surface area contributed by atoms with E-state index < -0.39 is 12.5 Å². The summed E-state index contributed by atoms with van der Waals surface area (Å²) >= 11 is 13.1. The first-order valence-corrected chi connectivity index (χ1v) is 6.96. The highest BCUT2D eigenvalue weighted by Crippen LogP contribution is 2.31. The second-order valence-electron chi connectivity index (χ2n) is 3.72. The van der Waals surface area contributed by atoms with E-state index in [1.54, 1.807) is 24.3 Å². The minimum atomic E-state index is -1.07. The van der Waals surface area contributed by atoms with Crippen LogP contribution in [0.4, 0.5) is 0 Å². The van der Waals surface area contributed by atoms with E-state index in [0.29, 0.717) is 20.5 Å². The predicted octanol–water partition coefficient (Wildman–Crippen LogP) is 2.64. The maximum atomic E-state index is 11.7. The summed E-state index contributed by atoms with van der Waals surface area (Å²) in [5.74, 6) is -1.44. The second kappa shape index (κ2) is 6.30. The van der Waals surface area contributed by atoms with Gasteiger partial charge in [0.15, 0.2) is 5.17 Å². The molecule has 0 saturated carbocycles. The van der Waals surface area contributed by atoms with E-state index in [1.807, 2.05) is 0 Å². The Hall–Kier alpha value is -1.50. The number of aliphatic carboxylic acids is 1. The number of carbonyl (C=O) groups excluding carboxylic acids is 1. The van der Waals surface area contributed by atoms with Gasteiger partial charge < -0.3 is 10.4 Å². The van der Waals surface area contributed by atoms with Crippen molar-refractivity contribution in [3.05, 3.63) is 38.7 Å². The van der Waals surface area contributed by atoms with Crippen molar-refractivity contribution in [2.75, 3.05) is 6.54 Å². The van der Waals surface area contributed by atoms with Crippen molar-refractivity contribution in [1.29, 1.82) is 0 Å². The molecule has 1 amide bonds. The number of carboxylic acid groups (broad SMARTS) is 1. The lowest BCUT2D eigenvalue weighted by atomic mass is 10.2. The zero-order valence-corrected chi connectivity index (χ0v) is 12.2. The van der Waals surface area contributed by atoms with E-state index in [-0.39, 0.29) is 11.1 Å². The first-order valence-electron chi connectivity index (χ1n) is 5.38. The van der Waals surface area contributed by atoms with Gasteiger partial charge in [0.05, 0.1) is 4.91 Å². The first-order chi connectivity index (χ1) is 9.47. The minimum absolute atomic E-state index is 0.242. The van der Waals surface area contributed by atoms with Crippen LogP contribution in [0.15, 0.2) is 28.1 Å². The number of nitrogens with one attached hydrogen (secondary N) is 1. The monoisotopic (exact) mass is 330 g/mol. The van der Waals surface area contributed by atoms with Crippen molar-refractivity contribution < 1.29 is 14.7 Å². The number of amides is 1. The van der Waals surface area contributed by atoms with Gasteiger partial charge in [0.2, 0.25) is 0 Å². The number of hydrogen-bond acceptors (Lipinski definition) is 4. The van der Waals surface area contributed by atoms with Gasteiger partial charge in [-0.1, -0.05) is 29.3 Å². The molecular weight excluding hydrogens is 323 g/mol. The summed E-state index contributed by atoms with van der Waals surface area (Å²) in [6.45, 7) is -0.400. The number of hydrogen-bond donors (Lipinski definition) is 2. The van der Waals surface area contributed by atoms with Crippen LogP contribution in [0.5, 0.6) is 0 Å². The Morgan fingerprint density at radius 3 is 2.65 bits per heavy atom. The number of amidine groups is 1. The zero-order valence-electron chi connectivity index (χ0n) is 9.89. The van der Waals surface area contributed by atoms with Crippen molar-refractivity contribution in [1.82, 2.24) is 5.32 Å². The molecule has 1 aromatic rings. The molecule has 1 heterocycles. The lowest BCUT2D eigenvalue weighted by Crippen LogP contribution is -2.20. The highest BCUT2D eigenvalue weighted by molar-refractivity contribution is 8.18. The number of rotatable bonds is 3. The molecule has 1 aliphatic heterocycles. The molecule has 1 saturated heterocycles. The Kier molecular flexibility index (Phi) is 4.69. The molecule has 2 N–H and O–H groups in total. The van der Waals surface area contributed by atoms with Crippen LogP contribution in [0.25, 0.3) is 6.08 Å². The Labute approximate surface area is 128 Å². The van der Waals surface area contributed by atoms with Crippen molar-refractivity contribution in [2.24, 2.45) is 4.99 Å². The molecule has 104 valence electrons. The van der Waals surface area contributed by atoms with Crippen LogP contribution in [0.1, 0.15) is 5.56 Å². The maximum absolute atomic E-state index is 11.7. The van der Waals surface area contributed by atoms with Crippen LogP contribution in [0.2, 0.25) is 10.0 Å². The number of carboxylic acids is 1. The van der Waals surface area contributed by atoms with Gasteiger partial charge in [-0.3, -0.25) is 14.6 Å². The third-order valence-corrected chi connectivity index (χ3v) is 3.89. The van der Waals surface area contributed by atoms with Gasteiger partial charge in [-0.05, 0) is 30.0 Å². The number of nitrogens with zero attached hydrogens (tertiary/aromatic N) is 1. The number of aliphatic imine (C=N–C) groups is 1. The summed E-state index contributed by atoms with van der Waals surface area (Å²) in [6.07, 6.45) is 1.55. The van der Waals surface area contributed by atoms with E-state index in [2.05, 4.69) is 10.3 Å². The van der Waals surface area contributed by atoms with Crippen LogP contribution < -0.4 is 5.32 Å². The van der Waals surface area contributed by atoms with Gasteiger partial charge in [-0.2, -0.15) is 0 Å². The number of halogens is 2. The number of thioether (sulfide) groups is 1.